The number of para-hydroxylation sites is 1. The molecule has 30 heavy (non-hydrogen) atoms. The number of anilines is 2. The third-order valence-electron chi connectivity index (χ3n) is 5.79. The average molecular weight is 405 g/mol. The van der Waals surface area contributed by atoms with Gasteiger partial charge < -0.3 is 10.6 Å². The van der Waals surface area contributed by atoms with Gasteiger partial charge in [-0.15, -0.1) is 0 Å². The lowest BCUT2D eigenvalue weighted by atomic mass is 10.1. The summed E-state index contributed by atoms with van der Waals surface area (Å²) in [4.78, 5) is 32.8. The van der Waals surface area contributed by atoms with Crippen LogP contribution in [-0.4, -0.2) is 35.3 Å². The monoisotopic (exact) mass is 404 g/mol. The summed E-state index contributed by atoms with van der Waals surface area (Å²) in [6.07, 6.45) is 6.99. The molecule has 1 aliphatic heterocycles. The highest BCUT2D eigenvalue weighted by Gasteiger charge is 2.36. The Morgan fingerprint density at radius 2 is 1.83 bits per heavy atom. The summed E-state index contributed by atoms with van der Waals surface area (Å²) in [5.41, 5.74) is 3.34. The fourth-order valence-electron chi connectivity index (χ4n) is 4.26. The van der Waals surface area contributed by atoms with Crippen molar-refractivity contribution in [2.75, 3.05) is 10.6 Å². The first kappa shape index (κ1) is 20.1. The number of urea groups is 1. The lowest BCUT2D eigenvalue weighted by Crippen LogP contribution is -2.52. The SMILES string of the molecule is Cc1cccc(NC(=O)N(C2CCCCCC2)C2N=Cc3ccccc3NC2=O)c1. The molecule has 2 N–H and O–H groups in total. The van der Waals surface area contributed by atoms with Crippen molar-refractivity contribution in [3.63, 3.8) is 0 Å². The van der Waals surface area contributed by atoms with Gasteiger partial charge in [0.05, 0.1) is 0 Å². The van der Waals surface area contributed by atoms with Gasteiger partial charge in [0.15, 0.2) is 0 Å². The number of carbonyl (C=O) groups excluding carboxylic acids is 2. The molecule has 1 saturated carbocycles. The summed E-state index contributed by atoms with van der Waals surface area (Å²) in [7, 11) is 0. The molecule has 2 aromatic rings. The van der Waals surface area contributed by atoms with Crippen LogP contribution in [0.1, 0.15) is 49.7 Å². The Morgan fingerprint density at radius 1 is 1.07 bits per heavy atom. The number of benzene rings is 2. The van der Waals surface area contributed by atoms with E-state index in [2.05, 4.69) is 15.6 Å². The fraction of sp³-hybridized carbons (Fsp3) is 0.375. The van der Waals surface area contributed by atoms with Crippen LogP contribution in [0.15, 0.2) is 53.5 Å². The van der Waals surface area contributed by atoms with Gasteiger partial charge in [-0.05, 0) is 43.5 Å². The minimum absolute atomic E-state index is 0.0218. The Bertz CT molecular complexity index is 948. The second-order valence-corrected chi connectivity index (χ2v) is 8.08. The van der Waals surface area contributed by atoms with Crippen LogP contribution >= 0.6 is 0 Å². The van der Waals surface area contributed by atoms with E-state index in [0.29, 0.717) is 5.69 Å². The molecule has 1 unspecified atom stereocenters. The molecular weight excluding hydrogens is 376 g/mol. The van der Waals surface area contributed by atoms with E-state index in [9.17, 15) is 9.59 Å². The number of amides is 3. The number of aryl methyl sites for hydroxylation is 1. The number of fused-ring (bicyclic) bond motifs is 1. The van der Waals surface area contributed by atoms with E-state index in [1.54, 1.807) is 11.1 Å². The summed E-state index contributed by atoms with van der Waals surface area (Å²) >= 11 is 0. The lowest BCUT2D eigenvalue weighted by molar-refractivity contribution is -0.120. The third-order valence-corrected chi connectivity index (χ3v) is 5.79. The highest BCUT2D eigenvalue weighted by atomic mass is 16.2. The third kappa shape index (κ3) is 4.53. The summed E-state index contributed by atoms with van der Waals surface area (Å²) in [5.74, 6) is -0.278. The van der Waals surface area contributed by atoms with Gasteiger partial charge in [0.1, 0.15) is 0 Å². The standard InChI is InChI=1S/C24H28N4O2/c1-17-9-8-11-19(15-17)26-24(30)28(20-12-4-2-3-5-13-20)22-23(29)27-21-14-7-6-10-18(21)16-25-22/h6-11,14-16,20,22H,2-5,12-13H2,1H3,(H,26,30)(H,27,29). The molecule has 156 valence electrons. The molecule has 6 nitrogen and oxygen atoms in total. The van der Waals surface area contributed by atoms with E-state index in [1.807, 2.05) is 55.5 Å². The normalized spacial score (nSPS) is 19.2. The van der Waals surface area contributed by atoms with Crippen molar-refractivity contribution in [1.82, 2.24) is 4.90 Å². The van der Waals surface area contributed by atoms with Crippen molar-refractivity contribution < 1.29 is 9.59 Å². The molecule has 1 heterocycles. The Balaban J connectivity index is 1.64. The number of benzodiazepines with no additional fused rings is 1. The maximum Gasteiger partial charge on any atom is 0.324 e. The second kappa shape index (κ2) is 9.11. The number of nitrogens with one attached hydrogen (secondary N) is 2. The molecule has 0 aromatic heterocycles. The number of rotatable bonds is 3. The first-order chi connectivity index (χ1) is 14.6. The molecule has 0 spiro atoms. The zero-order chi connectivity index (χ0) is 20.9. The molecule has 0 bridgehead atoms. The summed E-state index contributed by atoms with van der Waals surface area (Å²) in [6, 6.07) is 14.9. The molecule has 0 saturated heterocycles. The maximum absolute atomic E-state index is 13.4. The van der Waals surface area contributed by atoms with Crippen molar-refractivity contribution >= 4 is 29.5 Å². The van der Waals surface area contributed by atoms with Gasteiger partial charge in [0.25, 0.3) is 5.91 Å². The fourth-order valence-corrected chi connectivity index (χ4v) is 4.26. The van der Waals surface area contributed by atoms with Crippen molar-refractivity contribution in [1.29, 1.82) is 0 Å². The van der Waals surface area contributed by atoms with Crippen LogP contribution in [0, 0.1) is 6.92 Å². The zero-order valence-electron chi connectivity index (χ0n) is 17.3. The number of hydrogen-bond donors (Lipinski definition) is 2. The van der Waals surface area contributed by atoms with E-state index in [1.165, 1.54) is 0 Å². The quantitative estimate of drug-likeness (QED) is 0.711. The molecule has 1 atom stereocenters. The Hall–Kier alpha value is -3.15. The van der Waals surface area contributed by atoms with Crippen LogP contribution < -0.4 is 10.6 Å². The molecule has 0 radical (unpaired) electrons. The van der Waals surface area contributed by atoms with Crippen LogP contribution in [0.2, 0.25) is 0 Å². The first-order valence-corrected chi connectivity index (χ1v) is 10.7. The van der Waals surface area contributed by atoms with E-state index in [0.717, 1.165) is 55.3 Å². The molecule has 2 aliphatic rings. The first-order valence-electron chi connectivity index (χ1n) is 10.7. The number of aliphatic imine (C=N–C) groups is 1. The average Bonchev–Trinajstić information content (AvgIpc) is 3.08. The lowest BCUT2D eigenvalue weighted by Gasteiger charge is -2.34. The predicted octanol–water partition coefficient (Wildman–Crippen LogP) is 4.95. The summed E-state index contributed by atoms with van der Waals surface area (Å²) < 4.78 is 0. The molecule has 2 aromatic carbocycles. The van der Waals surface area contributed by atoms with Gasteiger partial charge >= 0.3 is 6.03 Å². The van der Waals surface area contributed by atoms with Gasteiger partial charge in [0.2, 0.25) is 6.17 Å². The Morgan fingerprint density at radius 3 is 2.60 bits per heavy atom. The van der Waals surface area contributed by atoms with Crippen LogP contribution in [0.5, 0.6) is 0 Å². The molecule has 1 aliphatic carbocycles. The largest absolute Gasteiger partial charge is 0.324 e. The Labute approximate surface area is 177 Å². The second-order valence-electron chi connectivity index (χ2n) is 8.08. The summed E-state index contributed by atoms with van der Waals surface area (Å²) in [6.45, 7) is 1.99. The zero-order valence-corrected chi connectivity index (χ0v) is 17.3. The van der Waals surface area contributed by atoms with Crippen LogP contribution in [0.25, 0.3) is 0 Å². The summed E-state index contributed by atoms with van der Waals surface area (Å²) in [5, 5.41) is 5.94. The minimum Gasteiger partial charge on any atom is -0.322 e. The smallest absolute Gasteiger partial charge is 0.322 e. The predicted molar refractivity (Wildman–Crippen MR) is 120 cm³/mol. The van der Waals surface area contributed by atoms with Crippen molar-refractivity contribution in [2.45, 2.75) is 57.7 Å². The number of carbonyl (C=O) groups is 2. The van der Waals surface area contributed by atoms with Gasteiger partial charge in [-0.2, -0.15) is 0 Å². The van der Waals surface area contributed by atoms with Crippen LogP contribution in [0.3, 0.4) is 0 Å². The minimum atomic E-state index is -0.898. The number of hydrogen-bond acceptors (Lipinski definition) is 3. The highest BCUT2D eigenvalue weighted by Crippen LogP contribution is 2.27. The molecular formula is C24H28N4O2. The van der Waals surface area contributed by atoms with Crippen molar-refractivity contribution in [3.8, 4) is 0 Å². The van der Waals surface area contributed by atoms with Crippen molar-refractivity contribution in [3.05, 3.63) is 59.7 Å². The Kier molecular flexibility index (Phi) is 6.12. The van der Waals surface area contributed by atoms with Gasteiger partial charge in [-0.3, -0.25) is 14.7 Å². The molecule has 1 fully saturated rings. The van der Waals surface area contributed by atoms with Crippen LogP contribution in [0.4, 0.5) is 16.2 Å². The molecule has 3 amide bonds. The topological polar surface area (TPSA) is 73.8 Å². The van der Waals surface area contributed by atoms with E-state index in [4.69, 9.17) is 0 Å². The van der Waals surface area contributed by atoms with Gasteiger partial charge in [-0.25, -0.2) is 4.79 Å². The highest BCUT2D eigenvalue weighted by molar-refractivity contribution is 6.05. The van der Waals surface area contributed by atoms with Gasteiger partial charge in [0, 0.05) is 29.2 Å². The van der Waals surface area contributed by atoms with E-state index in [-0.39, 0.29) is 18.0 Å². The van der Waals surface area contributed by atoms with Crippen LogP contribution in [-0.2, 0) is 4.79 Å². The van der Waals surface area contributed by atoms with Crippen molar-refractivity contribution in [2.24, 2.45) is 4.99 Å². The van der Waals surface area contributed by atoms with Gasteiger partial charge in [-0.1, -0.05) is 56.0 Å². The van der Waals surface area contributed by atoms with E-state index < -0.39 is 6.17 Å². The molecule has 4 rings (SSSR count). The maximum atomic E-state index is 13.4. The van der Waals surface area contributed by atoms with E-state index >= 15 is 0 Å². The molecule has 6 heteroatoms. The number of nitrogens with zero attached hydrogens (tertiary/aromatic N) is 2.